The lowest BCUT2D eigenvalue weighted by Crippen LogP contribution is -2.15. The van der Waals surface area contributed by atoms with Gasteiger partial charge in [0.15, 0.2) is 5.78 Å². The molecule has 0 heterocycles. The highest BCUT2D eigenvalue weighted by Gasteiger charge is 2.32. The summed E-state index contributed by atoms with van der Waals surface area (Å²) in [4.78, 5) is 12.2. The van der Waals surface area contributed by atoms with Gasteiger partial charge in [-0.05, 0) is 29.7 Å². The maximum atomic E-state index is 12.2. The maximum absolute atomic E-state index is 12.2. The first-order chi connectivity index (χ1) is 7.89. The molecule has 0 amide bonds. The lowest BCUT2D eigenvalue weighted by atomic mass is 9.85. The SMILES string of the molecule is CC(C(=O)c1ccc(C(C)(C)C)cc1)C1CC1. The molecule has 1 aromatic carbocycles. The van der Waals surface area contributed by atoms with E-state index in [4.69, 9.17) is 0 Å². The molecule has 0 bridgehead atoms. The Labute approximate surface area is 104 Å². The fourth-order valence-corrected chi connectivity index (χ4v) is 2.21. The fraction of sp³-hybridized carbons (Fsp3) is 0.562. The average Bonchev–Trinajstić information content (AvgIpc) is 3.10. The maximum Gasteiger partial charge on any atom is 0.165 e. The molecule has 1 fully saturated rings. The minimum atomic E-state index is 0.156. The quantitative estimate of drug-likeness (QED) is 0.711. The van der Waals surface area contributed by atoms with Gasteiger partial charge in [0.05, 0.1) is 0 Å². The second-order valence-corrected chi connectivity index (χ2v) is 6.32. The summed E-state index contributed by atoms with van der Waals surface area (Å²) in [5, 5.41) is 0. The highest BCUT2D eigenvalue weighted by molar-refractivity contribution is 5.98. The third-order valence-electron chi connectivity index (χ3n) is 3.78. The average molecular weight is 230 g/mol. The van der Waals surface area contributed by atoms with Crippen molar-refractivity contribution >= 4 is 5.78 Å². The van der Waals surface area contributed by atoms with Crippen molar-refractivity contribution in [1.82, 2.24) is 0 Å². The molecule has 0 aliphatic heterocycles. The Balaban J connectivity index is 2.14. The molecule has 1 aromatic rings. The summed E-state index contributed by atoms with van der Waals surface area (Å²) in [7, 11) is 0. The summed E-state index contributed by atoms with van der Waals surface area (Å²) in [5.74, 6) is 1.16. The Morgan fingerprint density at radius 2 is 1.71 bits per heavy atom. The molecule has 2 rings (SSSR count). The summed E-state index contributed by atoms with van der Waals surface area (Å²) >= 11 is 0. The molecule has 1 saturated carbocycles. The molecule has 0 radical (unpaired) electrons. The highest BCUT2D eigenvalue weighted by atomic mass is 16.1. The van der Waals surface area contributed by atoms with Crippen LogP contribution in [0.5, 0.6) is 0 Å². The highest BCUT2D eigenvalue weighted by Crippen LogP contribution is 2.38. The van der Waals surface area contributed by atoms with Crippen molar-refractivity contribution in [1.29, 1.82) is 0 Å². The molecular weight excluding hydrogens is 208 g/mol. The van der Waals surface area contributed by atoms with Crippen molar-refractivity contribution < 1.29 is 4.79 Å². The van der Waals surface area contributed by atoms with Crippen LogP contribution in [-0.4, -0.2) is 5.78 Å². The van der Waals surface area contributed by atoms with Gasteiger partial charge in [-0.1, -0.05) is 52.0 Å². The van der Waals surface area contributed by atoms with Gasteiger partial charge in [-0.3, -0.25) is 4.79 Å². The predicted molar refractivity (Wildman–Crippen MR) is 71.4 cm³/mol. The van der Waals surface area contributed by atoms with Gasteiger partial charge in [-0.2, -0.15) is 0 Å². The predicted octanol–water partition coefficient (Wildman–Crippen LogP) is 4.21. The molecule has 92 valence electrons. The monoisotopic (exact) mass is 230 g/mol. The number of hydrogen-bond donors (Lipinski definition) is 0. The molecule has 1 atom stereocenters. The van der Waals surface area contributed by atoms with Crippen molar-refractivity contribution in [2.45, 2.75) is 46.0 Å². The number of benzene rings is 1. The van der Waals surface area contributed by atoms with E-state index in [0.29, 0.717) is 11.7 Å². The van der Waals surface area contributed by atoms with E-state index in [-0.39, 0.29) is 11.3 Å². The van der Waals surface area contributed by atoms with Gasteiger partial charge in [0.1, 0.15) is 0 Å². The largest absolute Gasteiger partial charge is 0.294 e. The van der Waals surface area contributed by atoms with Crippen LogP contribution < -0.4 is 0 Å². The van der Waals surface area contributed by atoms with Crippen LogP contribution in [0.25, 0.3) is 0 Å². The van der Waals surface area contributed by atoms with Crippen molar-refractivity contribution in [3.63, 3.8) is 0 Å². The first kappa shape index (κ1) is 12.3. The molecule has 1 heteroatoms. The van der Waals surface area contributed by atoms with Gasteiger partial charge < -0.3 is 0 Å². The van der Waals surface area contributed by atoms with Gasteiger partial charge in [-0.15, -0.1) is 0 Å². The van der Waals surface area contributed by atoms with Gasteiger partial charge >= 0.3 is 0 Å². The molecule has 0 saturated heterocycles. The van der Waals surface area contributed by atoms with E-state index in [1.165, 1.54) is 18.4 Å². The Bertz CT molecular complexity index is 404. The van der Waals surface area contributed by atoms with Crippen molar-refractivity contribution in [2.24, 2.45) is 11.8 Å². The molecule has 1 nitrogen and oxygen atoms in total. The van der Waals surface area contributed by atoms with Crippen LogP contribution in [-0.2, 0) is 5.41 Å². The van der Waals surface area contributed by atoms with Crippen LogP contribution >= 0.6 is 0 Å². The number of carbonyl (C=O) groups is 1. The molecule has 0 N–H and O–H groups in total. The van der Waals surface area contributed by atoms with Crippen LogP contribution in [0, 0.1) is 11.8 Å². The fourth-order valence-electron chi connectivity index (χ4n) is 2.21. The van der Waals surface area contributed by atoms with Crippen LogP contribution in [0.15, 0.2) is 24.3 Å². The third-order valence-corrected chi connectivity index (χ3v) is 3.78. The van der Waals surface area contributed by atoms with E-state index >= 15 is 0 Å². The number of carbonyl (C=O) groups excluding carboxylic acids is 1. The van der Waals surface area contributed by atoms with Gasteiger partial charge in [0.25, 0.3) is 0 Å². The first-order valence-corrected chi connectivity index (χ1v) is 6.54. The minimum Gasteiger partial charge on any atom is -0.294 e. The van der Waals surface area contributed by atoms with E-state index in [1.54, 1.807) is 0 Å². The summed E-state index contributed by atoms with van der Waals surface area (Å²) in [6.07, 6.45) is 2.46. The molecule has 17 heavy (non-hydrogen) atoms. The zero-order chi connectivity index (χ0) is 12.6. The van der Waals surface area contributed by atoms with Gasteiger partial charge in [0.2, 0.25) is 0 Å². The number of rotatable bonds is 3. The van der Waals surface area contributed by atoms with Crippen molar-refractivity contribution in [3.8, 4) is 0 Å². The topological polar surface area (TPSA) is 17.1 Å². The Kier molecular flexibility index (Phi) is 3.11. The van der Waals surface area contributed by atoms with E-state index in [9.17, 15) is 4.79 Å². The summed E-state index contributed by atoms with van der Waals surface area (Å²) < 4.78 is 0. The molecule has 1 aliphatic carbocycles. The van der Waals surface area contributed by atoms with Gasteiger partial charge in [0, 0.05) is 11.5 Å². The summed E-state index contributed by atoms with van der Waals surface area (Å²) in [6, 6.07) is 8.16. The van der Waals surface area contributed by atoms with Crippen LogP contribution in [0.1, 0.15) is 56.5 Å². The standard InChI is InChI=1S/C16H22O/c1-11(12-5-6-12)15(17)13-7-9-14(10-8-13)16(2,3)4/h7-12H,5-6H2,1-4H3. The third kappa shape index (κ3) is 2.77. The summed E-state index contributed by atoms with van der Waals surface area (Å²) in [6.45, 7) is 8.64. The van der Waals surface area contributed by atoms with E-state index in [1.807, 2.05) is 12.1 Å². The lowest BCUT2D eigenvalue weighted by molar-refractivity contribution is 0.0916. The minimum absolute atomic E-state index is 0.156. The zero-order valence-corrected chi connectivity index (χ0v) is 11.3. The van der Waals surface area contributed by atoms with Gasteiger partial charge in [-0.25, -0.2) is 0 Å². The zero-order valence-electron chi connectivity index (χ0n) is 11.3. The molecule has 1 aliphatic rings. The second kappa shape index (κ2) is 4.29. The van der Waals surface area contributed by atoms with E-state index < -0.39 is 0 Å². The Morgan fingerprint density at radius 1 is 1.18 bits per heavy atom. The first-order valence-electron chi connectivity index (χ1n) is 6.54. The molecule has 0 aromatic heterocycles. The number of ketones is 1. The Morgan fingerprint density at radius 3 is 2.12 bits per heavy atom. The second-order valence-electron chi connectivity index (χ2n) is 6.32. The lowest BCUT2D eigenvalue weighted by Gasteiger charge is -2.19. The number of hydrogen-bond acceptors (Lipinski definition) is 1. The molecule has 0 spiro atoms. The molecular formula is C16H22O. The van der Waals surface area contributed by atoms with Crippen LogP contribution in [0.2, 0.25) is 0 Å². The number of Topliss-reactive ketones (excluding diaryl/α,β-unsaturated/α-hetero) is 1. The van der Waals surface area contributed by atoms with E-state index in [2.05, 4.69) is 39.8 Å². The summed E-state index contributed by atoms with van der Waals surface area (Å²) in [5.41, 5.74) is 2.31. The smallest absolute Gasteiger partial charge is 0.165 e. The van der Waals surface area contributed by atoms with Crippen LogP contribution in [0.3, 0.4) is 0 Å². The molecule has 1 unspecified atom stereocenters. The van der Waals surface area contributed by atoms with Crippen LogP contribution in [0.4, 0.5) is 0 Å². The normalized spacial score (nSPS) is 17.9. The van der Waals surface area contributed by atoms with Crippen molar-refractivity contribution in [2.75, 3.05) is 0 Å². The van der Waals surface area contributed by atoms with Crippen molar-refractivity contribution in [3.05, 3.63) is 35.4 Å². The Hall–Kier alpha value is -1.11. The van der Waals surface area contributed by atoms with E-state index in [0.717, 1.165) is 5.56 Å².